The number of aryl methyl sites for hydroxylation is 1. The van der Waals surface area contributed by atoms with Crippen LogP contribution in [-0.4, -0.2) is 61.9 Å². The van der Waals surface area contributed by atoms with Gasteiger partial charge >= 0.3 is 5.97 Å². The van der Waals surface area contributed by atoms with Crippen molar-refractivity contribution in [2.75, 3.05) is 40.0 Å². The van der Waals surface area contributed by atoms with E-state index in [-0.39, 0.29) is 19.1 Å². The molecule has 2 aliphatic rings. The van der Waals surface area contributed by atoms with Gasteiger partial charge < -0.3 is 19.5 Å². The summed E-state index contributed by atoms with van der Waals surface area (Å²) in [5, 5.41) is 9.80. The fraction of sp³-hybridized carbons (Fsp3) is 0.619. The molecule has 1 N–H and O–H groups in total. The Hall–Kier alpha value is -1.92. The zero-order chi connectivity index (χ0) is 19.5. The molecule has 6 nitrogen and oxygen atoms in total. The first-order valence-electron chi connectivity index (χ1n) is 9.60. The van der Waals surface area contributed by atoms with Gasteiger partial charge in [-0.2, -0.15) is 0 Å². The highest BCUT2D eigenvalue weighted by molar-refractivity contribution is 5.89. The quantitative estimate of drug-likeness (QED) is 0.855. The molecular weight excluding hydrogens is 346 g/mol. The van der Waals surface area contributed by atoms with Gasteiger partial charge in [-0.1, -0.05) is 29.8 Å². The van der Waals surface area contributed by atoms with Crippen LogP contribution in [-0.2, 0) is 24.5 Å². The van der Waals surface area contributed by atoms with Crippen LogP contribution in [0.1, 0.15) is 36.8 Å². The number of carbonyl (C=O) groups is 2. The maximum Gasteiger partial charge on any atom is 0.313 e. The number of ether oxygens (including phenoxy) is 2. The molecule has 0 aromatic heterocycles. The summed E-state index contributed by atoms with van der Waals surface area (Å²) in [6.07, 6.45) is 2.44. The van der Waals surface area contributed by atoms with Crippen LogP contribution in [0.15, 0.2) is 24.3 Å². The second kappa shape index (κ2) is 7.98. The van der Waals surface area contributed by atoms with Gasteiger partial charge in [-0.25, -0.2) is 0 Å². The number of benzene rings is 1. The third-order valence-electron chi connectivity index (χ3n) is 6.10. The van der Waals surface area contributed by atoms with Crippen LogP contribution in [0.25, 0.3) is 0 Å². The smallest absolute Gasteiger partial charge is 0.313 e. The van der Waals surface area contributed by atoms with Crippen LogP contribution in [0.5, 0.6) is 0 Å². The van der Waals surface area contributed by atoms with E-state index in [1.165, 1.54) is 7.11 Å². The largest absolute Gasteiger partial charge is 0.481 e. The van der Waals surface area contributed by atoms with Gasteiger partial charge in [-0.3, -0.25) is 9.59 Å². The third kappa shape index (κ3) is 3.73. The molecule has 2 heterocycles. The van der Waals surface area contributed by atoms with E-state index >= 15 is 0 Å². The first-order chi connectivity index (χ1) is 12.9. The van der Waals surface area contributed by atoms with Gasteiger partial charge in [0.2, 0.25) is 5.91 Å². The van der Waals surface area contributed by atoms with Crippen LogP contribution in [0.3, 0.4) is 0 Å². The average molecular weight is 375 g/mol. The second-order valence-electron chi connectivity index (χ2n) is 7.91. The fourth-order valence-electron chi connectivity index (χ4n) is 4.46. The van der Waals surface area contributed by atoms with E-state index in [1.54, 1.807) is 4.90 Å². The van der Waals surface area contributed by atoms with Gasteiger partial charge in [0.15, 0.2) is 0 Å². The summed E-state index contributed by atoms with van der Waals surface area (Å²) in [6, 6.07) is 8.12. The fourth-order valence-corrected chi connectivity index (χ4v) is 4.46. The highest BCUT2D eigenvalue weighted by Gasteiger charge is 2.49. The molecule has 1 aromatic carbocycles. The standard InChI is InChI=1S/C21H29NO5/c1-16-4-6-17(7-5-16)21(9-12-27-13-10-21)18(23)22-11-3-8-20(14-22,15-26-2)19(24)25/h4-7H,3,8-15H2,1-2H3,(H,24,25). The summed E-state index contributed by atoms with van der Waals surface area (Å²) in [5.74, 6) is -0.866. The number of aliphatic carboxylic acids is 1. The molecule has 1 aromatic rings. The average Bonchev–Trinajstić information content (AvgIpc) is 2.69. The summed E-state index contributed by atoms with van der Waals surface area (Å²) in [4.78, 5) is 27.4. The number of carboxylic acid groups (broad SMARTS) is 1. The molecule has 27 heavy (non-hydrogen) atoms. The van der Waals surface area contributed by atoms with Crippen LogP contribution in [0.2, 0.25) is 0 Å². The van der Waals surface area contributed by atoms with Crippen molar-refractivity contribution in [3.05, 3.63) is 35.4 Å². The van der Waals surface area contributed by atoms with E-state index in [9.17, 15) is 14.7 Å². The summed E-state index contributed by atoms with van der Waals surface area (Å²) in [5.41, 5.74) is 0.485. The first kappa shape index (κ1) is 19.8. The van der Waals surface area contributed by atoms with Gasteiger partial charge in [0.25, 0.3) is 0 Å². The number of hydrogen-bond acceptors (Lipinski definition) is 4. The zero-order valence-electron chi connectivity index (χ0n) is 16.2. The summed E-state index contributed by atoms with van der Waals surface area (Å²) in [6.45, 7) is 4.01. The van der Waals surface area contributed by atoms with Gasteiger partial charge in [0.1, 0.15) is 5.41 Å². The van der Waals surface area contributed by atoms with E-state index in [2.05, 4.69) is 0 Å². The predicted octanol–water partition coefficient (Wildman–Crippen LogP) is 2.38. The third-order valence-corrected chi connectivity index (χ3v) is 6.10. The number of amides is 1. The van der Waals surface area contributed by atoms with Crippen molar-refractivity contribution < 1.29 is 24.2 Å². The SMILES string of the molecule is COCC1(C(=O)O)CCCN(C(=O)C2(c3ccc(C)cc3)CCOCC2)C1. The van der Waals surface area contributed by atoms with Crippen molar-refractivity contribution in [1.82, 2.24) is 4.90 Å². The number of hydrogen-bond donors (Lipinski definition) is 1. The molecule has 2 fully saturated rings. The Bertz CT molecular complexity index is 676. The van der Waals surface area contributed by atoms with Crippen LogP contribution < -0.4 is 0 Å². The number of nitrogens with zero attached hydrogens (tertiary/aromatic N) is 1. The Morgan fingerprint density at radius 1 is 1.19 bits per heavy atom. The molecule has 2 aliphatic heterocycles. The van der Waals surface area contributed by atoms with Crippen molar-refractivity contribution in [2.45, 2.75) is 38.0 Å². The first-order valence-corrected chi connectivity index (χ1v) is 9.60. The summed E-state index contributed by atoms with van der Waals surface area (Å²) in [7, 11) is 1.51. The van der Waals surface area contributed by atoms with Crippen molar-refractivity contribution in [2.24, 2.45) is 5.41 Å². The van der Waals surface area contributed by atoms with Crippen LogP contribution >= 0.6 is 0 Å². The maximum absolute atomic E-state index is 13.7. The molecule has 1 amide bonds. The highest BCUT2D eigenvalue weighted by atomic mass is 16.5. The summed E-state index contributed by atoms with van der Waals surface area (Å²) < 4.78 is 10.7. The number of likely N-dealkylation sites (tertiary alicyclic amines) is 1. The minimum Gasteiger partial charge on any atom is -0.481 e. The zero-order valence-corrected chi connectivity index (χ0v) is 16.2. The number of carboxylic acids is 1. The lowest BCUT2D eigenvalue weighted by Gasteiger charge is -2.45. The highest BCUT2D eigenvalue weighted by Crippen LogP contribution is 2.40. The molecular formula is C21H29NO5. The molecule has 1 atom stereocenters. The lowest BCUT2D eigenvalue weighted by molar-refractivity contribution is -0.161. The van der Waals surface area contributed by atoms with Crippen molar-refractivity contribution in [1.29, 1.82) is 0 Å². The topological polar surface area (TPSA) is 76.1 Å². The van der Waals surface area contributed by atoms with E-state index in [0.29, 0.717) is 45.4 Å². The molecule has 3 rings (SSSR count). The Morgan fingerprint density at radius 2 is 1.85 bits per heavy atom. The van der Waals surface area contributed by atoms with Crippen molar-refractivity contribution >= 4 is 11.9 Å². The minimum absolute atomic E-state index is 0.0241. The molecule has 0 saturated carbocycles. The molecule has 0 bridgehead atoms. The van der Waals surface area contributed by atoms with Gasteiger partial charge in [-0.15, -0.1) is 0 Å². The van der Waals surface area contributed by atoms with Crippen molar-refractivity contribution in [3.63, 3.8) is 0 Å². The minimum atomic E-state index is -1.03. The Morgan fingerprint density at radius 3 is 2.44 bits per heavy atom. The molecule has 0 spiro atoms. The number of piperidine rings is 1. The van der Waals surface area contributed by atoms with E-state index in [1.807, 2.05) is 31.2 Å². The molecule has 6 heteroatoms. The Balaban J connectivity index is 1.92. The van der Waals surface area contributed by atoms with E-state index < -0.39 is 16.8 Å². The predicted molar refractivity (Wildman–Crippen MR) is 101 cm³/mol. The van der Waals surface area contributed by atoms with Crippen molar-refractivity contribution in [3.8, 4) is 0 Å². The van der Waals surface area contributed by atoms with Crippen LogP contribution in [0.4, 0.5) is 0 Å². The van der Waals surface area contributed by atoms with Gasteiger partial charge in [-0.05, 0) is 38.2 Å². The number of rotatable bonds is 5. The van der Waals surface area contributed by atoms with E-state index in [4.69, 9.17) is 9.47 Å². The van der Waals surface area contributed by atoms with Gasteiger partial charge in [0.05, 0.1) is 12.0 Å². The Kier molecular flexibility index (Phi) is 5.86. The number of carbonyl (C=O) groups excluding carboxylic acids is 1. The molecule has 1 unspecified atom stereocenters. The molecule has 2 saturated heterocycles. The molecule has 0 aliphatic carbocycles. The maximum atomic E-state index is 13.7. The molecule has 0 radical (unpaired) electrons. The lowest BCUT2D eigenvalue weighted by Crippen LogP contribution is -2.57. The number of methoxy groups -OCH3 is 1. The second-order valence-corrected chi connectivity index (χ2v) is 7.91. The monoisotopic (exact) mass is 375 g/mol. The molecule has 148 valence electrons. The van der Waals surface area contributed by atoms with E-state index in [0.717, 1.165) is 11.1 Å². The Labute approximate surface area is 160 Å². The lowest BCUT2D eigenvalue weighted by atomic mass is 9.71. The normalized spacial score (nSPS) is 25.2. The van der Waals surface area contributed by atoms with Crippen LogP contribution in [0, 0.1) is 12.3 Å². The summed E-state index contributed by atoms with van der Waals surface area (Å²) >= 11 is 0. The van der Waals surface area contributed by atoms with Gasteiger partial charge in [0, 0.05) is 33.4 Å².